The summed E-state index contributed by atoms with van der Waals surface area (Å²) in [7, 11) is 0. The number of pyridine rings is 1. The molecule has 2 aromatic heterocycles. The van der Waals surface area contributed by atoms with Crippen LogP contribution in [0.2, 0.25) is 0 Å². The van der Waals surface area contributed by atoms with Gasteiger partial charge in [0.1, 0.15) is 17.9 Å². The van der Waals surface area contributed by atoms with Gasteiger partial charge in [0.05, 0.1) is 11.3 Å². The highest BCUT2D eigenvalue weighted by molar-refractivity contribution is 6.01. The largest absolute Gasteiger partial charge is 0.507 e. The first-order chi connectivity index (χ1) is 12.2. The molecular weight excluding hydrogens is 393 g/mol. The third kappa shape index (κ3) is 2.96. The molecule has 0 aliphatic rings. The number of carboxylic acids is 1. The van der Waals surface area contributed by atoms with E-state index in [-0.39, 0.29) is 24.4 Å². The summed E-state index contributed by atoms with van der Waals surface area (Å²) in [4.78, 5) is 26.4. The molecule has 1 aromatic carbocycles. The minimum absolute atomic E-state index is 0. The molecule has 1 atom stereocenters. The zero-order valence-corrected chi connectivity index (χ0v) is 13.9. The van der Waals surface area contributed by atoms with Gasteiger partial charge in [-0.25, -0.2) is 27.5 Å². The van der Waals surface area contributed by atoms with Gasteiger partial charge in [-0.15, -0.1) is 12.4 Å². The quantitative estimate of drug-likeness (QED) is 0.341. The van der Waals surface area contributed by atoms with Crippen LogP contribution in [-0.2, 0) is 15.1 Å². The van der Waals surface area contributed by atoms with Gasteiger partial charge in [-0.05, 0) is 6.07 Å². The molecular formula is C15H10ClF3N4O4. The molecule has 0 aliphatic heterocycles. The van der Waals surface area contributed by atoms with Gasteiger partial charge in [-0.2, -0.15) is 5.10 Å². The van der Waals surface area contributed by atoms with Gasteiger partial charge in [-0.3, -0.25) is 0 Å². The van der Waals surface area contributed by atoms with Crippen LogP contribution in [-0.4, -0.2) is 37.1 Å². The van der Waals surface area contributed by atoms with E-state index in [1.54, 1.807) is 0 Å². The van der Waals surface area contributed by atoms with Crippen molar-refractivity contribution in [3.63, 3.8) is 0 Å². The van der Waals surface area contributed by atoms with Gasteiger partial charge in [0, 0.05) is 17.7 Å². The van der Waals surface area contributed by atoms with Crippen LogP contribution in [0, 0.1) is 17.5 Å². The summed E-state index contributed by atoms with van der Waals surface area (Å²) >= 11 is 0. The van der Waals surface area contributed by atoms with Gasteiger partial charge >= 0.3 is 5.97 Å². The highest BCUT2D eigenvalue weighted by Gasteiger charge is 2.41. The molecule has 0 bridgehead atoms. The molecule has 0 saturated carbocycles. The number of aldehydes is 1. The molecule has 3 rings (SSSR count). The average molecular weight is 403 g/mol. The number of rotatable bonds is 4. The highest BCUT2D eigenvalue weighted by atomic mass is 35.5. The van der Waals surface area contributed by atoms with Gasteiger partial charge in [0.25, 0.3) is 0 Å². The van der Waals surface area contributed by atoms with Crippen LogP contribution in [0.5, 0.6) is 5.75 Å². The molecule has 12 heteroatoms. The second-order valence-corrected chi connectivity index (χ2v) is 5.33. The fourth-order valence-corrected chi connectivity index (χ4v) is 2.51. The number of benzene rings is 1. The van der Waals surface area contributed by atoms with Crippen LogP contribution in [0.3, 0.4) is 0 Å². The standard InChI is InChI=1S/C15H9F3N4O4.ClH/c16-6-1-7(12(18)8(17)2-6)9-3-10(24)11(13-20-5-21-22(9)13)15(19,4-23)14(25)26;/h1-5,24H,19H2,(H,25,26);1H. The molecule has 27 heavy (non-hydrogen) atoms. The number of halogens is 4. The second-order valence-electron chi connectivity index (χ2n) is 5.33. The molecule has 1 unspecified atom stereocenters. The maximum atomic E-state index is 14.1. The molecule has 8 nitrogen and oxygen atoms in total. The Kier molecular flexibility index (Phi) is 5.11. The van der Waals surface area contributed by atoms with E-state index in [9.17, 15) is 33.0 Å². The van der Waals surface area contributed by atoms with Gasteiger partial charge in [0.15, 0.2) is 23.6 Å². The number of nitrogens with zero attached hydrogens (tertiary/aromatic N) is 3. The fraction of sp³-hybridized carbons (Fsp3) is 0.0667. The highest BCUT2D eigenvalue weighted by Crippen LogP contribution is 2.35. The molecule has 0 spiro atoms. The molecule has 0 radical (unpaired) electrons. The van der Waals surface area contributed by atoms with Crippen molar-refractivity contribution in [1.82, 2.24) is 14.6 Å². The van der Waals surface area contributed by atoms with Crippen LogP contribution in [0.4, 0.5) is 13.2 Å². The van der Waals surface area contributed by atoms with E-state index in [0.29, 0.717) is 12.1 Å². The maximum Gasteiger partial charge on any atom is 0.336 e. The zero-order chi connectivity index (χ0) is 19.2. The SMILES string of the molecule is Cl.NC(C=O)(C(=O)O)c1c(O)cc(-c2cc(F)cc(F)c2F)n2ncnc12. The second kappa shape index (κ2) is 6.85. The van der Waals surface area contributed by atoms with Crippen LogP contribution < -0.4 is 5.73 Å². The normalized spacial score (nSPS) is 13.0. The summed E-state index contributed by atoms with van der Waals surface area (Å²) in [5.41, 5.74) is 0.912. The van der Waals surface area contributed by atoms with E-state index < -0.39 is 51.5 Å². The van der Waals surface area contributed by atoms with Gasteiger partial charge in [0.2, 0.25) is 5.54 Å². The Hall–Kier alpha value is -3.18. The number of aliphatic carboxylic acids is 1. The Balaban J connectivity index is 0.00000261. The summed E-state index contributed by atoms with van der Waals surface area (Å²) in [5.74, 6) is -6.64. The molecule has 0 saturated heterocycles. The van der Waals surface area contributed by atoms with Crippen molar-refractivity contribution in [3.05, 3.63) is 47.5 Å². The maximum absolute atomic E-state index is 14.1. The lowest BCUT2D eigenvalue weighted by Gasteiger charge is -2.21. The molecule has 4 N–H and O–H groups in total. The van der Waals surface area contributed by atoms with Crippen LogP contribution in [0.25, 0.3) is 16.9 Å². The third-order valence-corrected chi connectivity index (χ3v) is 3.75. The molecule has 2 heterocycles. The minimum Gasteiger partial charge on any atom is -0.507 e. The number of hydrogen-bond acceptors (Lipinski definition) is 6. The van der Waals surface area contributed by atoms with Crippen molar-refractivity contribution in [2.75, 3.05) is 0 Å². The van der Waals surface area contributed by atoms with E-state index >= 15 is 0 Å². The lowest BCUT2D eigenvalue weighted by atomic mass is 9.92. The molecule has 0 amide bonds. The first kappa shape index (κ1) is 20.1. The topological polar surface area (TPSA) is 131 Å². The lowest BCUT2D eigenvalue weighted by molar-refractivity contribution is -0.145. The monoisotopic (exact) mass is 402 g/mol. The Morgan fingerprint density at radius 2 is 1.93 bits per heavy atom. The molecule has 0 aliphatic carbocycles. The van der Waals surface area contributed by atoms with Crippen molar-refractivity contribution in [2.45, 2.75) is 5.54 Å². The predicted molar refractivity (Wildman–Crippen MR) is 86.8 cm³/mol. The summed E-state index contributed by atoms with van der Waals surface area (Å²) < 4.78 is 41.9. The number of fused-ring (bicyclic) bond motifs is 1. The minimum atomic E-state index is -2.68. The number of carbonyl (C=O) groups excluding carboxylic acids is 1. The summed E-state index contributed by atoms with van der Waals surface area (Å²) in [5, 5.41) is 23.2. The van der Waals surface area contributed by atoms with Gasteiger partial charge < -0.3 is 20.7 Å². The van der Waals surface area contributed by atoms with Crippen molar-refractivity contribution < 1.29 is 33.0 Å². The first-order valence-corrected chi connectivity index (χ1v) is 6.90. The molecule has 3 aromatic rings. The number of aromatic hydroxyl groups is 1. The Morgan fingerprint density at radius 3 is 2.52 bits per heavy atom. The van der Waals surface area contributed by atoms with E-state index in [1.165, 1.54) is 0 Å². The molecule has 142 valence electrons. The van der Waals surface area contributed by atoms with Crippen molar-refractivity contribution in [1.29, 1.82) is 0 Å². The van der Waals surface area contributed by atoms with Crippen molar-refractivity contribution >= 4 is 30.3 Å². The summed E-state index contributed by atoms with van der Waals surface area (Å²) in [6.07, 6.45) is 0.781. The number of aromatic nitrogens is 3. The van der Waals surface area contributed by atoms with Crippen LogP contribution in [0.1, 0.15) is 5.56 Å². The number of nitrogens with two attached hydrogens (primary N) is 1. The van der Waals surface area contributed by atoms with E-state index in [2.05, 4.69) is 10.1 Å². The van der Waals surface area contributed by atoms with Crippen molar-refractivity contribution in [2.24, 2.45) is 5.73 Å². The number of carboxylic acid groups (broad SMARTS) is 1. The van der Waals surface area contributed by atoms with E-state index in [4.69, 9.17) is 5.73 Å². The Morgan fingerprint density at radius 1 is 1.26 bits per heavy atom. The fourth-order valence-electron chi connectivity index (χ4n) is 2.51. The predicted octanol–water partition coefficient (Wildman–Crippen LogP) is 1.38. The Bertz CT molecular complexity index is 1070. The number of hydrogen-bond donors (Lipinski definition) is 3. The van der Waals surface area contributed by atoms with E-state index in [1.807, 2.05) is 0 Å². The Labute approximate surface area is 154 Å². The third-order valence-electron chi connectivity index (χ3n) is 3.75. The van der Waals surface area contributed by atoms with E-state index in [0.717, 1.165) is 16.9 Å². The number of carbonyl (C=O) groups is 2. The van der Waals surface area contributed by atoms with Crippen LogP contribution in [0.15, 0.2) is 24.5 Å². The average Bonchev–Trinajstić information content (AvgIpc) is 3.05. The first-order valence-electron chi connectivity index (χ1n) is 6.90. The zero-order valence-electron chi connectivity index (χ0n) is 13.1. The lowest BCUT2D eigenvalue weighted by Crippen LogP contribution is -2.47. The smallest absolute Gasteiger partial charge is 0.336 e. The molecule has 0 fully saturated rings. The van der Waals surface area contributed by atoms with Crippen LogP contribution >= 0.6 is 12.4 Å². The van der Waals surface area contributed by atoms with Crippen molar-refractivity contribution in [3.8, 4) is 17.0 Å². The summed E-state index contributed by atoms with van der Waals surface area (Å²) in [6.45, 7) is 0. The summed E-state index contributed by atoms with van der Waals surface area (Å²) in [6, 6.07) is 1.76. The van der Waals surface area contributed by atoms with Gasteiger partial charge in [-0.1, -0.05) is 0 Å².